The van der Waals surface area contributed by atoms with Crippen molar-refractivity contribution >= 4 is 11.8 Å². The van der Waals surface area contributed by atoms with E-state index in [1.54, 1.807) is 18.0 Å². The van der Waals surface area contributed by atoms with Gasteiger partial charge in [-0.25, -0.2) is 4.98 Å². The molecule has 0 atom stereocenters. The second-order valence-electron chi connectivity index (χ2n) is 3.93. The molecule has 2 nitrogen and oxygen atoms in total. The van der Waals surface area contributed by atoms with E-state index in [2.05, 4.69) is 11.1 Å². The Balaban J connectivity index is 1.95. The van der Waals surface area contributed by atoms with E-state index in [4.69, 9.17) is 5.26 Å². The van der Waals surface area contributed by atoms with Gasteiger partial charge >= 0.3 is 0 Å². The molecule has 1 aromatic rings. The summed E-state index contributed by atoms with van der Waals surface area (Å²) in [5.74, 6) is 1.95. The van der Waals surface area contributed by atoms with Crippen LogP contribution in [0.5, 0.6) is 0 Å². The van der Waals surface area contributed by atoms with Crippen molar-refractivity contribution in [1.82, 2.24) is 4.98 Å². The summed E-state index contributed by atoms with van der Waals surface area (Å²) in [6.07, 6.45) is 7.21. The Morgan fingerprint density at radius 2 is 2.27 bits per heavy atom. The molecule has 0 aromatic carbocycles. The molecule has 78 valence electrons. The average molecular weight is 218 g/mol. The van der Waals surface area contributed by atoms with Gasteiger partial charge in [0.2, 0.25) is 0 Å². The SMILES string of the molecule is N#Cc1cccnc1SCC1CCCC1. The summed E-state index contributed by atoms with van der Waals surface area (Å²) < 4.78 is 0. The van der Waals surface area contributed by atoms with Gasteiger partial charge in [-0.15, -0.1) is 11.8 Å². The predicted molar refractivity (Wildman–Crippen MR) is 61.6 cm³/mol. The largest absolute Gasteiger partial charge is 0.249 e. The topological polar surface area (TPSA) is 36.7 Å². The van der Waals surface area contributed by atoms with Gasteiger partial charge in [-0.3, -0.25) is 0 Å². The molecule has 1 aliphatic carbocycles. The van der Waals surface area contributed by atoms with Crippen LogP contribution in [-0.4, -0.2) is 10.7 Å². The molecule has 0 amide bonds. The van der Waals surface area contributed by atoms with Crippen molar-refractivity contribution in [3.05, 3.63) is 23.9 Å². The summed E-state index contributed by atoms with van der Waals surface area (Å²) in [6.45, 7) is 0. The fourth-order valence-corrected chi connectivity index (χ4v) is 3.10. The first-order chi connectivity index (χ1) is 7.40. The van der Waals surface area contributed by atoms with Crippen LogP contribution in [0.1, 0.15) is 31.2 Å². The van der Waals surface area contributed by atoms with Gasteiger partial charge in [-0.1, -0.05) is 12.8 Å². The lowest BCUT2D eigenvalue weighted by Gasteiger charge is -2.07. The maximum Gasteiger partial charge on any atom is 0.114 e. The van der Waals surface area contributed by atoms with Crippen molar-refractivity contribution < 1.29 is 0 Å². The minimum Gasteiger partial charge on any atom is -0.249 e. The van der Waals surface area contributed by atoms with Gasteiger partial charge in [0.05, 0.1) is 5.56 Å². The summed E-state index contributed by atoms with van der Waals surface area (Å²) in [5, 5.41) is 9.80. The van der Waals surface area contributed by atoms with Gasteiger partial charge in [0.15, 0.2) is 0 Å². The number of hydrogen-bond acceptors (Lipinski definition) is 3. The summed E-state index contributed by atoms with van der Waals surface area (Å²) in [5.41, 5.74) is 0.709. The highest BCUT2D eigenvalue weighted by Crippen LogP contribution is 2.31. The van der Waals surface area contributed by atoms with Crippen LogP contribution in [-0.2, 0) is 0 Å². The lowest BCUT2D eigenvalue weighted by molar-refractivity contribution is 0.623. The Hall–Kier alpha value is -1.01. The van der Waals surface area contributed by atoms with Crippen LogP contribution in [0.25, 0.3) is 0 Å². The van der Waals surface area contributed by atoms with Crippen LogP contribution in [0.3, 0.4) is 0 Å². The van der Waals surface area contributed by atoms with Crippen LogP contribution in [0, 0.1) is 17.2 Å². The Morgan fingerprint density at radius 3 is 3.00 bits per heavy atom. The normalized spacial score (nSPS) is 16.5. The monoisotopic (exact) mass is 218 g/mol. The van der Waals surface area contributed by atoms with Crippen molar-refractivity contribution in [3.8, 4) is 6.07 Å². The highest BCUT2D eigenvalue weighted by Gasteiger charge is 2.16. The average Bonchev–Trinajstić information content (AvgIpc) is 2.79. The van der Waals surface area contributed by atoms with E-state index in [-0.39, 0.29) is 0 Å². The molecular formula is C12H14N2S. The van der Waals surface area contributed by atoms with E-state index in [9.17, 15) is 0 Å². The van der Waals surface area contributed by atoms with Crippen molar-refractivity contribution in [1.29, 1.82) is 5.26 Å². The van der Waals surface area contributed by atoms with Crippen molar-refractivity contribution in [3.63, 3.8) is 0 Å². The fraction of sp³-hybridized carbons (Fsp3) is 0.500. The number of nitrogens with zero attached hydrogens (tertiary/aromatic N) is 2. The van der Waals surface area contributed by atoms with Crippen molar-refractivity contribution in [2.75, 3.05) is 5.75 Å². The third kappa shape index (κ3) is 2.73. The zero-order valence-corrected chi connectivity index (χ0v) is 9.46. The zero-order chi connectivity index (χ0) is 10.5. The Kier molecular flexibility index (Phi) is 3.63. The molecule has 0 N–H and O–H groups in total. The predicted octanol–water partition coefficient (Wildman–Crippen LogP) is 3.24. The summed E-state index contributed by atoms with van der Waals surface area (Å²) >= 11 is 1.74. The molecule has 3 heteroatoms. The molecule has 1 aliphatic rings. The number of aromatic nitrogens is 1. The molecule has 0 radical (unpaired) electrons. The van der Waals surface area contributed by atoms with Crippen LogP contribution in [0.2, 0.25) is 0 Å². The molecule has 1 fully saturated rings. The number of nitriles is 1. The van der Waals surface area contributed by atoms with Gasteiger partial charge in [0, 0.05) is 11.9 Å². The molecule has 0 bridgehead atoms. The molecule has 0 aliphatic heterocycles. The second-order valence-corrected chi connectivity index (χ2v) is 4.94. The third-order valence-corrected chi connectivity index (χ3v) is 4.06. The molecule has 0 saturated heterocycles. The maximum atomic E-state index is 8.91. The minimum absolute atomic E-state index is 0.709. The summed E-state index contributed by atoms with van der Waals surface area (Å²) in [6, 6.07) is 5.84. The Labute approximate surface area is 94.7 Å². The highest BCUT2D eigenvalue weighted by molar-refractivity contribution is 7.99. The second kappa shape index (κ2) is 5.18. The molecule has 1 aromatic heterocycles. The molecule has 0 unspecified atom stereocenters. The molecule has 15 heavy (non-hydrogen) atoms. The third-order valence-electron chi connectivity index (χ3n) is 2.82. The first-order valence-electron chi connectivity index (χ1n) is 5.38. The fourth-order valence-electron chi connectivity index (χ4n) is 1.96. The minimum atomic E-state index is 0.709. The maximum absolute atomic E-state index is 8.91. The van der Waals surface area contributed by atoms with Crippen LogP contribution in [0.15, 0.2) is 23.4 Å². The van der Waals surface area contributed by atoms with E-state index in [0.717, 1.165) is 16.7 Å². The van der Waals surface area contributed by atoms with Gasteiger partial charge < -0.3 is 0 Å². The van der Waals surface area contributed by atoms with Crippen molar-refractivity contribution in [2.24, 2.45) is 5.92 Å². The van der Waals surface area contributed by atoms with Gasteiger partial charge in [0.25, 0.3) is 0 Å². The van der Waals surface area contributed by atoms with Crippen LogP contribution >= 0.6 is 11.8 Å². The molecular weight excluding hydrogens is 204 g/mol. The summed E-state index contributed by atoms with van der Waals surface area (Å²) in [4.78, 5) is 4.25. The van der Waals surface area contributed by atoms with Gasteiger partial charge in [0.1, 0.15) is 11.1 Å². The number of pyridine rings is 1. The lowest BCUT2D eigenvalue weighted by atomic mass is 10.1. The van der Waals surface area contributed by atoms with E-state index < -0.39 is 0 Å². The van der Waals surface area contributed by atoms with E-state index in [1.165, 1.54) is 25.7 Å². The number of rotatable bonds is 3. The Morgan fingerprint density at radius 1 is 1.47 bits per heavy atom. The molecule has 1 saturated carbocycles. The first kappa shape index (κ1) is 10.5. The smallest absolute Gasteiger partial charge is 0.114 e. The first-order valence-corrected chi connectivity index (χ1v) is 6.36. The molecule has 1 heterocycles. The number of thioether (sulfide) groups is 1. The molecule has 2 rings (SSSR count). The van der Waals surface area contributed by atoms with E-state index in [0.29, 0.717) is 5.56 Å². The quantitative estimate of drug-likeness (QED) is 0.731. The van der Waals surface area contributed by atoms with Crippen LogP contribution < -0.4 is 0 Å². The highest BCUT2D eigenvalue weighted by atomic mass is 32.2. The van der Waals surface area contributed by atoms with Crippen LogP contribution in [0.4, 0.5) is 0 Å². The van der Waals surface area contributed by atoms with Crippen molar-refractivity contribution in [2.45, 2.75) is 30.7 Å². The summed E-state index contributed by atoms with van der Waals surface area (Å²) in [7, 11) is 0. The zero-order valence-electron chi connectivity index (χ0n) is 8.65. The lowest BCUT2D eigenvalue weighted by Crippen LogP contribution is -1.97. The molecule has 0 spiro atoms. The van der Waals surface area contributed by atoms with E-state index >= 15 is 0 Å². The standard InChI is InChI=1S/C12H14N2S/c13-8-11-6-3-7-14-12(11)15-9-10-4-1-2-5-10/h3,6-7,10H,1-2,4-5,9H2. The van der Waals surface area contributed by atoms with Gasteiger partial charge in [-0.2, -0.15) is 5.26 Å². The van der Waals surface area contributed by atoms with E-state index in [1.807, 2.05) is 12.1 Å². The Bertz CT molecular complexity index is 364. The number of hydrogen-bond donors (Lipinski definition) is 0. The van der Waals surface area contributed by atoms with Gasteiger partial charge in [-0.05, 0) is 30.9 Å².